The fourth-order valence-electron chi connectivity index (χ4n) is 6.27. The Morgan fingerprint density at radius 3 is 2.33 bits per heavy atom. The highest BCUT2D eigenvalue weighted by Crippen LogP contribution is 2.53. The number of fused-ring (bicyclic) bond motifs is 3. The monoisotopic (exact) mass is 577 g/mol. The predicted octanol–water partition coefficient (Wildman–Crippen LogP) is 2.98. The quantitative estimate of drug-likeness (QED) is 0.214. The van der Waals surface area contributed by atoms with Crippen molar-refractivity contribution in [1.29, 1.82) is 0 Å². The molecule has 3 aliphatic rings. The van der Waals surface area contributed by atoms with Gasteiger partial charge in [-0.05, 0) is 30.7 Å². The lowest BCUT2D eigenvalue weighted by Gasteiger charge is -2.45. The first kappa shape index (κ1) is 28.0. The Labute approximate surface area is 241 Å². The zero-order chi connectivity index (χ0) is 30.0. The molecule has 1 fully saturated rings. The third kappa shape index (κ3) is 4.03. The van der Waals surface area contributed by atoms with E-state index in [1.807, 2.05) is 6.07 Å². The molecule has 0 spiro atoms. The highest BCUT2D eigenvalue weighted by atomic mass is 16.7. The van der Waals surface area contributed by atoms with Gasteiger partial charge in [-0.15, -0.1) is 0 Å². The van der Waals surface area contributed by atoms with Crippen molar-refractivity contribution >= 4 is 17.3 Å². The maximum Gasteiger partial charge on any atom is 0.200 e. The predicted molar refractivity (Wildman–Crippen MR) is 148 cm³/mol. The molecule has 1 heterocycles. The molecular formula is C31H31NO10. The van der Waals surface area contributed by atoms with Crippen molar-refractivity contribution < 1.29 is 49.0 Å². The van der Waals surface area contributed by atoms with Gasteiger partial charge >= 0.3 is 0 Å². The first-order valence-electron chi connectivity index (χ1n) is 13.5. The number of ether oxygens (including phenoxy) is 4. The lowest BCUT2D eigenvalue weighted by Crippen LogP contribution is -2.57. The number of carbonyl (C=O) groups is 2. The summed E-state index contributed by atoms with van der Waals surface area (Å²) < 4.78 is 21.9. The average molecular weight is 578 g/mol. The fourth-order valence-corrected chi connectivity index (χ4v) is 6.27. The van der Waals surface area contributed by atoms with Gasteiger partial charge in [0.05, 0.1) is 50.2 Å². The molecule has 0 saturated carbocycles. The van der Waals surface area contributed by atoms with E-state index in [1.54, 1.807) is 24.3 Å². The van der Waals surface area contributed by atoms with Gasteiger partial charge in [0, 0.05) is 41.8 Å². The Morgan fingerprint density at radius 1 is 0.952 bits per heavy atom. The van der Waals surface area contributed by atoms with E-state index in [-0.39, 0.29) is 60.4 Å². The van der Waals surface area contributed by atoms with Gasteiger partial charge in [-0.3, -0.25) is 9.59 Å². The zero-order valence-corrected chi connectivity index (χ0v) is 23.3. The van der Waals surface area contributed by atoms with E-state index in [0.29, 0.717) is 17.2 Å². The lowest BCUT2D eigenvalue weighted by molar-refractivity contribution is -0.269. The van der Waals surface area contributed by atoms with E-state index in [4.69, 9.17) is 18.9 Å². The molecule has 6 rings (SSSR count). The average Bonchev–Trinajstić information content (AvgIpc) is 3.44. The van der Waals surface area contributed by atoms with Crippen LogP contribution < -0.4 is 14.8 Å². The number of methoxy groups -OCH3 is 2. The van der Waals surface area contributed by atoms with Crippen LogP contribution in [-0.4, -0.2) is 70.8 Å². The van der Waals surface area contributed by atoms with Crippen LogP contribution in [0.15, 0.2) is 36.4 Å². The van der Waals surface area contributed by atoms with E-state index < -0.39 is 46.1 Å². The highest BCUT2D eigenvalue weighted by molar-refractivity contribution is 6.32. The van der Waals surface area contributed by atoms with E-state index in [1.165, 1.54) is 27.2 Å². The Morgan fingerprint density at radius 2 is 1.64 bits per heavy atom. The van der Waals surface area contributed by atoms with Crippen molar-refractivity contribution in [2.45, 2.75) is 43.8 Å². The number of hydrogen-bond donors (Lipinski definition) is 5. The second kappa shape index (κ2) is 9.99. The third-order valence-corrected chi connectivity index (χ3v) is 8.53. The third-order valence-electron chi connectivity index (χ3n) is 8.53. The molecule has 0 amide bonds. The van der Waals surface area contributed by atoms with E-state index in [2.05, 4.69) is 5.32 Å². The van der Waals surface area contributed by atoms with Gasteiger partial charge in [0.15, 0.2) is 28.9 Å². The lowest BCUT2D eigenvalue weighted by atomic mass is 9.70. The molecule has 220 valence electrons. The standard InChI is InChI=1S/C31H31NO10/c1-30(41-9-10-42-30)31(38)12-17-23(19(33)13-31)29(37)25-24(27(17)35)26(34)16-5-4-6-18(22(16)28(25)36)32-14-15-7-8-20(39-2)21(11-15)40-3/h4-8,11,19,32-33,35,37-38H,9-10,12-14H2,1-3H3. The largest absolute Gasteiger partial charge is 0.507 e. The molecule has 0 radical (unpaired) electrons. The molecule has 1 aliphatic heterocycles. The van der Waals surface area contributed by atoms with Crippen LogP contribution in [0.2, 0.25) is 0 Å². The Hall–Kier alpha value is -4.16. The molecule has 2 aliphatic carbocycles. The molecule has 3 aromatic carbocycles. The van der Waals surface area contributed by atoms with Gasteiger partial charge in [0.25, 0.3) is 0 Å². The molecule has 0 aromatic heterocycles. The highest BCUT2D eigenvalue weighted by Gasteiger charge is 2.56. The van der Waals surface area contributed by atoms with Crippen LogP contribution in [-0.2, 0) is 22.4 Å². The number of anilines is 1. The summed E-state index contributed by atoms with van der Waals surface area (Å²) in [6.45, 7) is 2.27. The molecule has 42 heavy (non-hydrogen) atoms. The number of aromatic hydroxyl groups is 2. The molecule has 11 nitrogen and oxygen atoms in total. The van der Waals surface area contributed by atoms with Crippen molar-refractivity contribution in [3.05, 3.63) is 75.3 Å². The van der Waals surface area contributed by atoms with Crippen molar-refractivity contribution in [1.82, 2.24) is 0 Å². The number of benzene rings is 3. The number of hydrogen-bond acceptors (Lipinski definition) is 11. The summed E-state index contributed by atoms with van der Waals surface area (Å²) in [6, 6.07) is 10.1. The number of aliphatic hydroxyl groups is 2. The van der Waals surface area contributed by atoms with E-state index in [0.717, 1.165) is 5.56 Å². The molecule has 11 heteroatoms. The number of ketones is 2. The summed E-state index contributed by atoms with van der Waals surface area (Å²) in [5.74, 6) is -2.94. The van der Waals surface area contributed by atoms with Crippen LogP contribution in [0.5, 0.6) is 23.0 Å². The summed E-state index contributed by atoms with van der Waals surface area (Å²) in [4.78, 5) is 27.8. The van der Waals surface area contributed by atoms with E-state index >= 15 is 0 Å². The Bertz CT molecular complexity index is 1630. The van der Waals surface area contributed by atoms with Crippen molar-refractivity contribution in [2.75, 3.05) is 32.8 Å². The van der Waals surface area contributed by atoms with Crippen molar-refractivity contribution in [3.63, 3.8) is 0 Å². The first-order chi connectivity index (χ1) is 20.0. The number of carbonyl (C=O) groups excluding carboxylic acids is 2. The number of phenolic OH excluding ortho intramolecular Hbond substituents is 2. The van der Waals surface area contributed by atoms with Crippen LogP contribution >= 0.6 is 0 Å². The molecule has 2 atom stereocenters. The second-order valence-corrected chi connectivity index (χ2v) is 10.8. The van der Waals surface area contributed by atoms with Gasteiger partial charge < -0.3 is 44.7 Å². The number of aliphatic hydroxyl groups excluding tert-OH is 1. The molecule has 5 N–H and O–H groups in total. The van der Waals surface area contributed by atoms with Crippen LogP contribution in [0.3, 0.4) is 0 Å². The zero-order valence-electron chi connectivity index (χ0n) is 23.3. The second-order valence-electron chi connectivity index (χ2n) is 10.8. The minimum Gasteiger partial charge on any atom is -0.507 e. The van der Waals surface area contributed by atoms with Crippen LogP contribution in [0.1, 0.15) is 68.0 Å². The van der Waals surface area contributed by atoms with Crippen molar-refractivity contribution in [3.8, 4) is 23.0 Å². The molecular weight excluding hydrogens is 546 g/mol. The first-order valence-corrected chi connectivity index (χ1v) is 13.5. The summed E-state index contributed by atoms with van der Waals surface area (Å²) in [5.41, 5.74) is -1.47. The molecule has 0 bridgehead atoms. The minimum atomic E-state index is -1.78. The maximum atomic E-state index is 14.0. The molecule has 1 saturated heterocycles. The number of phenols is 2. The topological polar surface area (TPSA) is 164 Å². The summed E-state index contributed by atoms with van der Waals surface area (Å²) >= 11 is 0. The van der Waals surface area contributed by atoms with Gasteiger partial charge in [0.1, 0.15) is 17.1 Å². The van der Waals surface area contributed by atoms with Crippen molar-refractivity contribution in [2.24, 2.45) is 0 Å². The van der Waals surface area contributed by atoms with Gasteiger partial charge in [-0.25, -0.2) is 0 Å². The van der Waals surface area contributed by atoms with Crippen LogP contribution in [0.25, 0.3) is 0 Å². The van der Waals surface area contributed by atoms with Crippen LogP contribution in [0, 0.1) is 0 Å². The fraction of sp³-hybridized carbons (Fsp3) is 0.355. The van der Waals surface area contributed by atoms with Gasteiger partial charge in [-0.2, -0.15) is 0 Å². The smallest absolute Gasteiger partial charge is 0.200 e. The van der Waals surface area contributed by atoms with Gasteiger partial charge in [0.2, 0.25) is 0 Å². The minimum absolute atomic E-state index is 0.0344. The Balaban J connectivity index is 1.40. The molecule has 2 unspecified atom stereocenters. The van der Waals surface area contributed by atoms with Crippen LogP contribution in [0.4, 0.5) is 5.69 Å². The Kier molecular flexibility index (Phi) is 6.65. The normalized spacial score (nSPS) is 22.3. The van der Waals surface area contributed by atoms with E-state index in [9.17, 15) is 30.0 Å². The number of nitrogens with one attached hydrogen (secondary N) is 1. The maximum absolute atomic E-state index is 14.0. The number of rotatable bonds is 6. The summed E-state index contributed by atoms with van der Waals surface area (Å²) in [7, 11) is 3.06. The summed E-state index contributed by atoms with van der Waals surface area (Å²) in [5, 5.41) is 48.5. The van der Waals surface area contributed by atoms with Gasteiger partial charge in [-0.1, -0.05) is 18.2 Å². The SMILES string of the molecule is COc1ccc(CNc2cccc3c2C(=O)c2c(O)c4c(c(O)c2C3=O)CC(O)(C2(C)OCCO2)CC4O)cc1OC. The molecule has 3 aromatic rings. The summed E-state index contributed by atoms with van der Waals surface area (Å²) in [6.07, 6.45) is -2.06.